The van der Waals surface area contributed by atoms with Crippen molar-refractivity contribution in [1.29, 1.82) is 0 Å². The molecular weight excluding hydrogens is 194 g/mol. The van der Waals surface area contributed by atoms with Crippen LogP contribution in [0.3, 0.4) is 0 Å². The average molecular weight is 207 g/mol. The Kier molecular flexibility index (Phi) is 2.30. The number of fused-ring (bicyclic) bond motifs is 1. The van der Waals surface area contributed by atoms with Gasteiger partial charge in [0.2, 0.25) is 0 Å². The first kappa shape index (κ1) is 9.34. The van der Waals surface area contributed by atoms with Crippen molar-refractivity contribution in [3.63, 3.8) is 0 Å². The van der Waals surface area contributed by atoms with Gasteiger partial charge in [0.25, 0.3) is 0 Å². The van der Waals surface area contributed by atoms with Crippen LogP contribution in [-0.4, -0.2) is 4.98 Å². The first-order valence-electron chi connectivity index (χ1n) is 5.59. The number of nitrogens with zero attached hydrogens (tertiary/aromatic N) is 1. The minimum atomic E-state index is 0.526. The molecule has 1 nitrogen and oxygen atoms in total. The van der Waals surface area contributed by atoms with Crippen molar-refractivity contribution in [2.45, 2.75) is 12.3 Å². The molecule has 78 valence electrons. The number of pyridine rings is 1. The summed E-state index contributed by atoms with van der Waals surface area (Å²) in [4.78, 5) is 4.05. The maximum Gasteiger partial charge on any atom is 0.0270 e. The van der Waals surface area contributed by atoms with Crippen molar-refractivity contribution in [3.8, 4) is 0 Å². The lowest BCUT2D eigenvalue weighted by molar-refractivity contribution is 0.848. The molecular formula is C15H13N. The summed E-state index contributed by atoms with van der Waals surface area (Å²) in [7, 11) is 0. The smallest absolute Gasteiger partial charge is 0.0270 e. The highest BCUT2D eigenvalue weighted by Gasteiger charge is 2.16. The van der Waals surface area contributed by atoms with Crippen LogP contribution in [0, 0.1) is 0 Å². The van der Waals surface area contributed by atoms with E-state index in [0.717, 1.165) is 6.42 Å². The summed E-state index contributed by atoms with van der Waals surface area (Å²) in [5.74, 6) is 0.526. The van der Waals surface area contributed by atoms with Gasteiger partial charge in [0.15, 0.2) is 0 Å². The van der Waals surface area contributed by atoms with Crippen molar-refractivity contribution < 1.29 is 0 Å². The predicted octanol–water partition coefficient (Wildman–Crippen LogP) is 3.43. The van der Waals surface area contributed by atoms with E-state index in [9.17, 15) is 0 Å². The van der Waals surface area contributed by atoms with E-state index in [1.54, 1.807) is 0 Å². The van der Waals surface area contributed by atoms with Crippen LogP contribution in [0.2, 0.25) is 0 Å². The molecule has 2 aromatic rings. The Morgan fingerprint density at radius 1 is 1.00 bits per heavy atom. The van der Waals surface area contributed by atoms with Gasteiger partial charge in [0, 0.05) is 18.3 Å². The third-order valence-corrected chi connectivity index (χ3v) is 3.11. The van der Waals surface area contributed by atoms with E-state index in [4.69, 9.17) is 0 Å². The van der Waals surface area contributed by atoms with Crippen LogP contribution >= 0.6 is 0 Å². The summed E-state index contributed by atoms with van der Waals surface area (Å²) in [6.07, 6.45) is 9.31. The monoisotopic (exact) mass is 207 g/mol. The number of hydrogen-bond acceptors (Lipinski definition) is 1. The van der Waals surface area contributed by atoms with E-state index in [1.165, 1.54) is 16.7 Å². The lowest BCUT2D eigenvalue weighted by atomic mass is 9.94. The number of aromatic nitrogens is 1. The SMILES string of the molecule is C1=CC(Cc2ccncc2)c2ccccc21. The molecule has 1 aromatic heterocycles. The van der Waals surface area contributed by atoms with Gasteiger partial charge in [-0.3, -0.25) is 4.98 Å². The van der Waals surface area contributed by atoms with Gasteiger partial charge in [-0.2, -0.15) is 0 Å². The molecule has 0 saturated heterocycles. The summed E-state index contributed by atoms with van der Waals surface area (Å²) < 4.78 is 0. The number of allylic oxidation sites excluding steroid dienone is 1. The van der Waals surface area contributed by atoms with Gasteiger partial charge in [-0.25, -0.2) is 0 Å². The Morgan fingerprint density at radius 3 is 2.69 bits per heavy atom. The summed E-state index contributed by atoms with van der Waals surface area (Å²) in [6, 6.07) is 12.8. The topological polar surface area (TPSA) is 12.9 Å². The number of benzene rings is 1. The summed E-state index contributed by atoms with van der Waals surface area (Å²) in [5, 5.41) is 0. The van der Waals surface area contributed by atoms with Crippen molar-refractivity contribution >= 4 is 6.08 Å². The second-order valence-electron chi connectivity index (χ2n) is 4.15. The highest BCUT2D eigenvalue weighted by atomic mass is 14.6. The van der Waals surface area contributed by atoms with E-state index in [2.05, 4.69) is 53.5 Å². The van der Waals surface area contributed by atoms with Crippen LogP contribution < -0.4 is 0 Å². The van der Waals surface area contributed by atoms with Gasteiger partial charge in [0.05, 0.1) is 0 Å². The molecule has 16 heavy (non-hydrogen) atoms. The largest absolute Gasteiger partial charge is 0.265 e. The molecule has 0 radical (unpaired) electrons. The Morgan fingerprint density at radius 2 is 1.81 bits per heavy atom. The Labute approximate surface area is 95.5 Å². The Hall–Kier alpha value is -1.89. The molecule has 0 spiro atoms. The number of hydrogen-bond donors (Lipinski definition) is 0. The molecule has 1 aliphatic carbocycles. The van der Waals surface area contributed by atoms with E-state index in [0.29, 0.717) is 5.92 Å². The third kappa shape index (κ3) is 1.65. The fourth-order valence-electron chi connectivity index (χ4n) is 2.27. The second-order valence-corrected chi connectivity index (χ2v) is 4.15. The molecule has 1 heteroatoms. The molecule has 0 amide bonds. The minimum Gasteiger partial charge on any atom is -0.265 e. The van der Waals surface area contributed by atoms with Crippen LogP contribution in [-0.2, 0) is 6.42 Å². The molecule has 1 heterocycles. The first-order valence-corrected chi connectivity index (χ1v) is 5.59. The van der Waals surface area contributed by atoms with Gasteiger partial charge in [-0.05, 0) is 35.2 Å². The van der Waals surface area contributed by atoms with Gasteiger partial charge < -0.3 is 0 Å². The summed E-state index contributed by atoms with van der Waals surface area (Å²) in [6.45, 7) is 0. The zero-order valence-electron chi connectivity index (χ0n) is 9.01. The zero-order chi connectivity index (χ0) is 10.8. The van der Waals surface area contributed by atoms with E-state index in [-0.39, 0.29) is 0 Å². The Balaban J connectivity index is 1.87. The van der Waals surface area contributed by atoms with Crippen LogP contribution in [0.25, 0.3) is 6.08 Å². The van der Waals surface area contributed by atoms with E-state index >= 15 is 0 Å². The summed E-state index contributed by atoms with van der Waals surface area (Å²) >= 11 is 0. The molecule has 0 aliphatic heterocycles. The van der Waals surface area contributed by atoms with Crippen molar-refractivity contribution in [2.24, 2.45) is 0 Å². The zero-order valence-corrected chi connectivity index (χ0v) is 9.01. The first-order chi connectivity index (χ1) is 7.93. The molecule has 1 aliphatic rings. The standard InChI is InChI=1S/C15H13N/c1-2-4-15-13(3-1)5-6-14(15)11-12-7-9-16-10-8-12/h1-10,14H,11H2. The molecule has 0 fully saturated rings. The summed E-state index contributed by atoms with van der Waals surface area (Å²) in [5.41, 5.74) is 4.15. The fraction of sp³-hybridized carbons (Fsp3) is 0.133. The van der Waals surface area contributed by atoms with Gasteiger partial charge >= 0.3 is 0 Å². The van der Waals surface area contributed by atoms with Crippen LogP contribution in [0.15, 0.2) is 54.9 Å². The predicted molar refractivity (Wildman–Crippen MR) is 66.2 cm³/mol. The number of rotatable bonds is 2. The highest BCUT2D eigenvalue weighted by molar-refractivity contribution is 5.62. The van der Waals surface area contributed by atoms with Gasteiger partial charge in [-0.1, -0.05) is 36.4 Å². The minimum absolute atomic E-state index is 0.526. The molecule has 0 N–H and O–H groups in total. The van der Waals surface area contributed by atoms with Crippen LogP contribution in [0.1, 0.15) is 22.6 Å². The lowest BCUT2D eigenvalue weighted by Crippen LogP contribution is -1.98. The van der Waals surface area contributed by atoms with Crippen molar-refractivity contribution in [3.05, 3.63) is 71.6 Å². The molecule has 0 saturated carbocycles. The highest BCUT2D eigenvalue weighted by Crippen LogP contribution is 2.32. The molecule has 1 aromatic carbocycles. The maximum absolute atomic E-state index is 4.05. The van der Waals surface area contributed by atoms with Gasteiger partial charge in [0.1, 0.15) is 0 Å². The van der Waals surface area contributed by atoms with Crippen molar-refractivity contribution in [2.75, 3.05) is 0 Å². The Bertz CT molecular complexity index is 514. The average Bonchev–Trinajstić information content (AvgIpc) is 2.74. The normalized spacial score (nSPS) is 17.4. The van der Waals surface area contributed by atoms with E-state index < -0.39 is 0 Å². The lowest BCUT2D eigenvalue weighted by Gasteiger charge is -2.10. The fourth-order valence-corrected chi connectivity index (χ4v) is 2.27. The molecule has 1 atom stereocenters. The van der Waals surface area contributed by atoms with Crippen LogP contribution in [0.4, 0.5) is 0 Å². The van der Waals surface area contributed by atoms with E-state index in [1.807, 2.05) is 12.4 Å². The maximum atomic E-state index is 4.05. The second kappa shape index (κ2) is 3.93. The molecule has 0 bridgehead atoms. The third-order valence-electron chi connectivity index (χ3n) is 3.11. The van der Waals surface area contributed by atoms with Crippen LogP contribution in [0.5, 0.6) is 0 Å². The molecule has 1 unspecified atom stereocenters. The quantitative estimate of drug-likeness (QED) is 0.735. The molecule has 3 rings (SSSR count). The van der Waals surface area contributed by atoms with Gasteiger partial charge in [-0.15, -0.1) is 0 Å². The van der Waals surface area contributed by atoms with Crippen molar-refractivity contribution in [1.82, 2.24) is 4.98 Å².